The van der Waals surface area contributed by atoms with Crippen molar-refractivity contribution in [2.45, 2.75) is 52.6 Å². The van der Waals surface area contributed by atoms with Crippen LogP contribution >= 0.6 is 24.8 Å². The Balaban J connectivity index is 0.00000338. The van der Waals surface area contributed by atoms with Crippen molar-refractivity contribution in [2.75, 3.05) is 6.54 Å². The maximum Gasteiger partial charge on any atom is 0.329 e. The zero-order valence-electron chi connectivity index (χ0n) is 16.1. The molecule has 0 fully saturated rings. The summed E-state index contributed by atoms with van der Waals surface area (Å²) in [5.41, 5.74) is 5.22. The molecular weight excluding hydrogens is 393 g/mol. The molecule has 0 radical (unpaired) electrons. The first-order valence-corrected chi connectivity index (χ1v) is 8.30. The number of amides is 1. The number of nitrogens with one attached hydrogen (secondary N) is 2. The Bertz CT molecular complexity index is 929. The molecule has 1 amide bonds. The van der Waals surface area contributed by atoms with Crippen LogP contribution in [-0.4, -0.2) is 32.5 Å². The van der Waals surface area contributed by atoms with Crippen LogP contribution in [0, 0.1) is 0 Å². The monoisotopic (exact) mass is 419 g/mol. The van der Waals surface area contributed by atoms with Crippen molar-refractivity contribution >= 4 is 41.8 Å². The van der Waals surface area contributed by atoms with Gasteiger partial charge in [-0.25, -0.2) is 9.78 Å². The van der Waals surface area contributed by atoms with E-state index in [1.807, 2.05) is 13.8 Å². The lowest BCUT2D eigenvalue weighted by atomic mass is 10.0. The highest BCUT2D eigenvalue weighted by Crippen LogP contribution is 2.19. The van der Waals surface area contributed by atoms with Gasteiger partial charge in [0.1, 0.15) is 0 Å². The maximum absolute atomic E-state index is 12.7. The normalized spacial score (nSPS) is 11.1. The van der Waals surface area contributed by atoms with Crippen LogP contribution in [0.2, 0.25) is 0 Å². The molecule has 2 aromatic heterocycles. The number of H-pyrrole nitrogens is 1. The lowest BCUT2D eigenvalue weighted by molar-refractivity contribution is 0.0947. The summed E-state index contributed by atoms with van der Waals surface area (Å²) >= 11 is 0. The second-order valence-corrected chi connectivity index (χ2v) is 7.12. The van der Waals surface area contributed by atoms with E-state index >= 15 is 0 Å². The summed E-state index contributed by atoms with van der Waals surface area (Å²) in [6.07, 6.45) is 0. The molecule has 0 aliphatic rings. The van der Waals surface area contributed by atoms with E-state index in [-0.39, 0.29) is 53.9 Å². The summed E-state index contributed by atoms with van der Waals surface area (Å²) in [6.45, 7) is 9.80. The molecule has 0 saturated carbocycles. The molecule has 8 nitrogen and oxygen atoms in total. The third-order valence-electron chi connectivity index (χ3n) is 3.83. The summed E-state index contributed by atoms with van der Waals surface area (Å²) in [6, 6.07) is 1.60. The van der Waals surface area contributed by atoms with Crippen LogP contribution in [0.1, 0.15) is 56.6 Å². The lowest BCUT2D eigenvalue weighted by Crippen LogP contribution is -2.45. The van der Waals surface area contributed by atoms with Crippen LogP contribution in [-0.2, 0) is 6.54 Å². The van der Waals surface area contributed by atoms with Crippen LogP contribution in [0.25, 0.3) is 11.0 Å². The number of aromatic nitrogens is 3. The minimum atomic E-state index is -0.621. The minimum absolute atomic E-state index is 0. The van der Waals surface area contributed by atoms with Gasteiger partial charge in [0.15, 0.2) is 5.65 Å². The zero-order valence-corrected chi connectivity index (χ0v) is 17.7. The zero-order chi connectivity index (χ0) is 18.9. The lowest BCUT2D eigenvalue weighted by Gasteiger charge is -2.19. The van der Waals surface area contributed by atoms with Crippen LogP contribution in [0.15, 0.2) is 15.7 Å². The molecule has 0 aromatic carbocycles. The van der Waals surface area contributed by atoms with Gasteiger partial charge in [-0.3, -0.25) is 19.1 Å². The Labute approximate surface area is 169 Å². The molecule has 4 N–H and O–H groups in total. The SMILES string of the molecule is CCn1c(=O)[nH]c(=O)c2c(C(=O)NCC(C)(C)N)cc(C(C)C)nc21.Cl.Cl. The van der Waals surface area contributed by atoms with Gasteiger partial charge in [-0.2, -0.15) is 0 Å². The Morgan fingerprint density at radius 2 is 1.93 bits per heavy atom. The molecule has 0 spiro atoms. The van der Waals surface area contributed by atoms with Gasteiger partial charge in [-0.05, 0) is 32.8 Å². The Kier molecular flexibility index (Phi) is 8.69. The second-order valence-electron chi connectivity index (χ2n) is 7.12. The highest BCUT2D eigenvalue weighted by molar-refractivity contribution is 6.05. The summed E-state index contributed by atoms with van der Waals surface area (Å²) in [4.78, 5) is 43.8. The summed E-state index contributed by atoms with van der Waals surface area (Å²) < 4.78 is 1.35. The summed E-state index contributed by atoms with van der Waals surface area (Å²) in [5, 5.41) is 2.85. The third-order valence-corrected chi connectivity index (χ3v) is 3.83. The average Bonchev–Trinajstić information content (AvgIpc) is 2.50. The van der Waals surface area contributed by atoms with Gasteiger partial charge < -0.3 is 11.1 Å². The highest BCUT2D eigenvalue weighted by Gasteiger charge is 2.21. The van der Waals surface area contributed by atoms with Gasteiger partial charge in [0.05, 0.1) is 10.9 Å². The first-order chi connectivity index (χ1) is 11.5. The molecule has 2 heterocycles. The minimum Gasteiger partial charge on any atom is -0.350 e. The number of nitrogens with two attached hydrogens (primary N) is 1. The molecule has 152 valence electrons. The van der Waals surface area contributed by atoms with Crippen LogP contribution in [0.5, 0.6) is 0 Å². The Morgan fingerprint density at radius 1 is 1.33 bits per heavy atom. The van der Waals surface area contributed by atoms with Crippen molar-refractivity contribution in [1.82, 2.24) is 19.9 Å². The smallest absolute Gasteiger partial charge is 0.329 e. The van der Waals surface area contributed by atoms with Gasteiger partial charge in [0, 0.05) is 24.3 Å². The number of aromatic amines is 1. The maximum atomic E-state index is 12.7. The number of carbonyl (C=O) groups excluding carboxylic acids is 1. The summed E-state index contributed by atoms with van der Waals surface area (Å²) in [7, 11) is 0. The molecule has 0 atom stereocenters. The van der Waals surface area contributed by atoms with E-state index in [9.17, 15) is 14.4 Å². The molecule has 0 aliphatic heterocycles. The molecule has 0 aliphatic carbocycles. The Hall–Kier alpha value is -1.90. The molecule has 0 saturated heterocycles. The molecule has 2 aromatic rings. The number of halogens is 2. The standard InChI is InChI=1S/C17H25N5O3.2ClH/c1-6-22-13-12(15(24)21-16(22)25)10(7-11(20-13)9(2)3)14(23)19-8-17(4,5)18;;/h7,9H,6,8,18H2,1-5H3,(H,19,23)(H,21,24,25);2*1H. The third kappa shape index (κ3) is 5.54. The topological polar surface area (TPSA) is 123 Å². The fourth-order valence-corrected chi connectivity index (χ4v) is 2.46. The number of fused-ring (bicyclic) bond motifs is 1. The van der Waals surface area contributed by atoms with E-state index in [0.29, 0.717) is 12.2 Å². The highest BCUT2D eigenvalue weighted by atomic mass is 35.5. The number of nitrogens with zero attached hydrogens (tertiary/aromatic N) is 2. The molecule has 0 bridgehead atoms. The van der Waals surface area contributed by atoms with Gasteiger partial charge >= 0.3 is 5.69 Å². The number of aryl methyl sites for hydroxylation is 1. The predicted octanol–water partition coefficient (Wildman–Crippen LogP) is 1.54. The molecule has 0 unspecified atom stereocenters. The number of rotatable bonds is 5. The van der Waals surface area contributed by atoms with Crippen molar-refractivity contribution < 1.29 is 4.79 Å². The average molecular weight is 420 g/mol. The predicted molar refractivity (Wildman–Crippen MR) is 111 cm³/mol. The molecule has 27 heavy (non-hydrogen) atoms. The van der Waals surface area contributed by atoms with Crippen molar-refractivity contribution in [3.05, 3.63) is 38.2 Å². The van der Waals surface area contributed by atoms with E-state index in [2.05, 4.69) is 15.3 Å². The number of pyridine rings is 1. The first kappa shape index (κ1) is 25.1. The summed E-state index contributed by atoms with van der Waals surface area (Å²) in [5.74, 6) is -0.388. The number of hydrogen-bond donors (Lipinski definition) is 3. The van der Waals surface area contributed by atoms with Crippen LogP contribution < -0.4 is 22.3 Å². The second kappa shape index (κ2) is 9.34. The van der Waals surface area contributed by atoms with E-state index in [1.54, 1.807) is 26.8 Å². The molecule has 2 rings (SSSR count). The van der Waals surface area contributed by atoms with Crippen molar-refractivity contribution in [1.29, 1.82) is 0 Å². The van der Waals surface area contributed by atoms with Crippen LogP contribution in [0.3, 0.4) is 0 Å². The quantitative estimate of drug-likeness (QED) is 0.677. The number of hydrogen-bond acceptors (Lipinski definition) is 5. The van der Waals surface area contributed by atoms with Gasteiger partial charge in [0.25, 0.3) is 11.5 Å². The van der Waals surface area contributed by atoms with Gasteiger partial charge in [0.2, 0.25) is 0 Å². The van der Waals surface area contributed by atoms with E-state index in [1.165, 1.54) is 4.57 Å². The fraction of sp³-hybridized carbons (Fsp3) is 0.529. The fourth-order valence-electron chi connectivity index (χ4n) is 2.46. The number of carbonyl (C=O) groups is 1. The van der Waals surface area contributed by atoms with Gasteiger partial charge in [-0.1, -0.05) is 13.8 Å². The van der Waals surface area contributed by atoms with Crippen LogP contribution in [0.4, 0.5) is 0 Å². The van der Waals surface area contributed by atoms with Gasteiger partial charge in [-0.15, -0.1) is 24.8 Å². The van der Waals surface area contributed by atoms with E-state index in [4.69, 9.17) is 5.73 Å². The Morgan fingerprint density at radius 3 is 2.41 bits per heavy atom. The van der Waals surface area contributed by atoms with Crippen molar-refractivity contribution in [2.24, 2.45) is 5.73 Å². The molecule has 10 heteroatoms. The van der Waals surface area contributed by atoms with Crippen molar-refractivity contribution in [3.8, 4) is 0 Å². The van der Waals surface area contributed by atoms with Crippen molar-refractivity contribution in [3.63, 3.8) is 0 Å². The molecular formula is C17H27Cl2N5O3. The largest absolute Gasteiger partial charge is 0.350 e. The van der Waals surface area contributed by atoms with E-state index in [0.717, 1.165) is 0 Å². The first-order valence-electron chi connectivity index (χ1n) is 8.30. The van der Waals surface area contributed by atoms with E-state index < -0.39 is 22.7 Å².